The second-order valence-electron chi connectivity index (χ2n) is 18.5. The van der Waals surface area contributed by atoms with Gasteiger partial charge in [-0.15, -0.1) is 0 Å². The summed E-state index contributed by atoms with van der Waals surface area (Å²) in [5.41, 5.74) is 9.95. The van der Waals surface area contributed by atoms with E-state index in [9.17, 15) is 19.2 Å². The molecule has 0 amide bonds. The number of benzene rings is 10. The molecule has 8 heteroatoms. The minimum Gasteiger partial charge on any atom is -0.489 e. The van der Waals surface area contributed by atoms with Crippen molar-refractivity contribution in [2.24, 2.45) is 0 Å². The van der Waals surface area contributed by atoms with Crippen molar-refractivity contribution in [2.45, 2.75) is 26.4 Å². The maximum Gasteiger partial charge on any atom is 0.193 e. The molecule has 10 aromatic rings. The minimum absolute atomic E-state index is 0.0519. The van der Waals surface area contributed by atoms with E-state index >= 15 is 0 Å². The first-order valence-corrected chi connectivity index (χ1v) is 25.5. The number of rotatable bonds is 22. The zero-order valence-electron chi connectivity index (χ0n) is 42.5. The number of ether oxygens (including phenoxy) is 4. The molecule has 0 radical (unpaired) electrons. The number of hydrogen-bond donors (Lipinski definition) is 0. The molecule has 0 aliphatic heterocycles. The van der Waals surface area contributed by atoms with Crippen molar-refractivity contribution in [2.75, 3.05) is 0 Å². The van der Waals surface area contributed by atoms with Crippen molar-refractivity contribution in [3.05, 3.63) is 333 Å². The van der Waals surface area contributed by atoms with Crippen LogP contribution in [0.15, 0.2) is 255 Å². The zero-order valence-corrected chi connectivity index (χ0v) is 42.5. The molecule has 0 fully saturated rings. The molecule has 8 nitrogen and oxygen atoms in total. The van der Waals surface area contributed by atoms with Crippen molar-refractivity contribution >= 4 is 35.3 Å². The van der Waals surface area contributed by atoms with Gasteiger partial charge >= 0.3 is 0 Å². The third-order valence-corrected chi connectivity index (χ3v) is 12.9. The van der Waals surface area contributed by atoms with E-state index in [0.29, 0.717) is 67.5 Å². The molecular formula is C70H52O8. The van der Waals surface area contributed by atoms with Crippen LogP contribution in [0, 0.1) is 0 Å². The summed E-state index contributed by atoms with van der Waals surface area (Å²) in [6, 6.07) is 77.8. The van der Waals surface area contributed by atoms with Crippen LogP contribution in [0.3, 0.4) is 0 Å². The maximum absolute atomic E-state index is 13.1. The molecule has 0 saturated heterocycles. The highest BCUT2D eigenvalue weighted by molar-refractivity contribution is 6.10. The van der Waals surface area contributed by atoms with Crippen molar-refractivity contribution in [1.29, 1.82) is 0 Å². The standard InChI is InChI=1S/C70H52O8/c71-67(55-13-5-1-6-14-55)59-31-23-49(24-32-59)45-75-63-39-53(40-64(43-63)76-46-50-25-33-60(34-26-50)68(72)56-15-7-2-8-16-56)21-22-54-41-65(77-47-51-27-35-61(36-28-51)69(73)57-17-9-3-10-18-57)44-66(42-54)78-48-52-29-37-62(38-30-52)70(74)58-19-11-4-12-20-58/h1-44H,45-48H2/b22-21+. The lowest BCUT2D eigenvalue weighted by molar-refractivity contribution is 0.103. The van der Waals surface area contributed by atoms with E-state index in [4.69, 9.17) is 18.9 Å². The highest BCUT2D eigenvalue weighted by Gasteiger charge is 2.14. The van der Waals surface area contributed by atoms with E-state index in [1.54, 1.807) is 48.5 Å². The molecule has 0 aromatic heterocycles. The second kappa shape index (κ2) is 24.9. The Morgan fingerprint density at radius 2 is 0.436 bits per heavy atom. The average Bonchev–Trinajstić information content (AvgIpc) is 3.51. The molecule has 78 heavy (non-hydrogen) atoms. The SMILES string of the molecule is O=C(c1ccccc1)c1ccc(COc2cc(/C=C/c3cc(OCc4ccc(C(=O)c5ccccc5)cc4)cc(OCc4ccc(C(=O)c5ccccc5)cc4)c3)cc(OCc3ccc(C(=O)c4ccccc4)cc3)c2)cc1. The lowest BCUT2D eigenvalue weighted by Gasteiger charge is -2.13. The Bertz CT molecular complexity index is 3210. The quantitative estimate of drug-likeness (QED) is 0.0488. The average molecular weight is 1020 g/mol. The third kappa shape index (κ3) is 13.6. The van der Waals surface area contributed by atoms with Crippen LogP contribution in [-0.4, -0.2) is 23.1 Å². The second-order valence-corrected chi connectivity index (χ2v) is 18.5. The van der Waals surface area contributed by atoms with Gasteiger partial charge < -0.3 is 18.9 Å². The molecule has 0 aliphatic rings. The molecule has 0 heterocycles. The first kappa shape index (κ1) is 51.3. The van der Waals surface area contributed by atoms with Gasteiger partial charge in [0.2, 0.25) is 0 Å². The summed E-state index contributed by atoms with van der Waals surface area (Å²) in [4.78, 5) is 52.4. The van der Waals surface area contributed by atoms with Crippen LogP contribution >= 0.6 is 0 Å². The van der Waals surface area contributed by atoms with Gasteiger partial charge in [0, 0.05) is 56.6 Å². The predicted octanol–water partition coefficient (Wildman–Crippen LogP) is 15.1. The molecule has 0 spiro atoms. The van der Waals surface area contributed by atoms with Crippen LogP contribution in [0.2, 0.25) is 0 Å². The summed E-state index contributed by atoms with van der Waals surface area (Å²) < 4.78 is 25.6. The summed E-state index contributed by atoms with van der Waals surface area (Å²) in [6.45, 7) is 0.950. The van der Waals surface area contributed by atoms with Gasteiger partial charge in [-0.1, -0.05) is 231 Å². The lowest BCUT2D eigenvalue weighted by atomic mass is 10.0. The predicted molar refractivity (Wildman–Crippen MR) is 304 cm³/mol. The van der Waals surface area contributed by atoms with Crippen LogP contribution in [0.25, 0.3) is 12.2 Å². The van der Waals surface area contributed by atoms with Gasteiger partial charge in [-0.25, -0.2) is 0 Å². The monoisotopic (exact) mass is 1020 g/mol. The minimum atomic E-state index is -0.0519. The molecule has 0 saturated carbocycles. The van der Waals surface area contributed by atoms with Crippen LogP contribution in [0.5, 0.6) is 23.0 Å². The molecular weight excluding hydrogens is 969 g/mol. The zero-order chi connectivity index (χ0) is 53.5. The Morgan fingerprint density at radius 3 is 0.641 bits per heavy atom. The summed E-state index contributed by atoms with van der Waals surface area (Å²) >= 11 is 0. The lowest BCUT2D eigenvalue weighted by Crippen LogP contribution is -2.03. The number of ketones is 4. The Kier molecular flexibility index (Phi) is 16.4. The Hall–Kier alpha value is -10.2. The van der Waals surface area contributed by atoms with Crippen molar-refractivity contribution in [3.63, 3.8) is 0 Å². The van der Waals surface area contributed by atoms with Crippen molar-refractivity contribution in [3.8, 4) is 23.0 Å². The number of carbonyl (C=O) groups excluding carboxylic acids is 4. The van der Waals surface area contributed by atoms with E-state index in [2.05, 4.69) is 0 Å². The molecule has 10 aromatic carbocycles. The van der Waals surface area contributed by atoms with Crippen molar-refractivity contribution in [1.82, 2.24) is 0 Å². The smallest absolute Gasteiger partial charge is 0.193 e. The summed E-state index contributed by atoms with van der Waals surface area (Å²) in [7, 11) is 0. The third-order valence-electron chi connectivity index (χ3n) is 12.9. The number of hydrogen-bond acceptors (Lipinski definition) is 8. The van der Waals surface area contributed by atoms with Crippen LogP contribution in [0.1, 0.15) is 97.1 Å². The fraction of sp³-hybridized carbons (Fsp3) is 0.0571. The molecule has 380 valence electrons. The highest BCUT2D eigenvalue weighted by atomic mass is 16.5. The van der Waals surface area contributed by atoms with Gasteiger partial charge in [-0.2, -0.15) is 0 Å². The Labute approximate surface area is 453 Å². The first-order valence-electron chi connectivity index (χ1n) is 25.5. The molecule has 0 N–H and O–H groups in total. The van der Waals surface area contributed by atoms with E-state index in [1.807, 2.05) is 218 Å². The van der Waals surface area contributed by atoms with E-state index in [1.165, 1.54) is 0 Å². The molecule has 0 bridgehead atoms. The van der Waals surface area contributed by atoms with Gasteiger partial charge in [0.15, 0.2) is 23.1 Å². The van der Waals surface area contributed by atoms with Crippen LogP contribution < -0.4 is 18.9 Å². The van der Waals surface area contributed by atoms with Crippen molar-refractivity contribution < 1.29 is 38.1 Å². The highest BCUT2D eigenvalue weighted by Crippen LogP contribution is 2.30. The normalized spacial score (nSPS) is 10.9. The van der Waals surface area contributed by atoms with Crippen LogP contribution in [-0.2, 0) is 26.4 Å². The van der Waals surface area contributed by atoms with E-state index < -0.39 is 0 Å². The van der Waals surface area contributed by atoms with E-state index in [0.717, 1.165) is 33.4 Å². The summed E-state index contributed by atoms with van der Waals surface area (Å²) in [6.07, 6.45) is 3.92. The summed E-state index contributed by atoms with van der Waals surface area (Å²) in [5, 5.41) is 0. The molecule has 0 aliphatic carbocycles. The van der Waals surface area contributed by atoms with Crippen LogP contribution in [0.4, 0.5) is 0 Å². The van der Waals surface area contributed by atoms with Gasteiger partial charge in [0.1, 0.15) is 49.4 Å². The summed E-state index contributed by atoms with van der Waals surface area (Å²) in [5.74, 6) is 2.05. The first-order chi connectivity index (χ1) is 38.3. The molecule has 10 rings (SSSR count). The topological polar surface area (TPSA) is 105 Å². The fourth-order valence-corrected chi connectivity index (χ4v) is 8.61. The van der Waals surface area contributed by atoms with E-state index in [-0.39, 0.29) is 49.6 Å². The molecule has 0 unspecified atom stereocenters. The Balaban J connectivity index is 0.891. The van der Waals surface area contributed by atoms with Gasteiger partial charge in [-0.05, 0) is 57.6 Å². The number of carbonyl (C=O) groups is 4. The largest absolute Gasteiger partial charge is 0.489 e. The maximum atomic E-state index is 13.1. The van der Waals surface area contributed by atoms with Gasteiger partial charge in [0.25, 0.3) is 0 Å². The fourth-order valence-electron chi connectivity index (χ4n) is 8.61. The molecule has 0 atom stereocenters. The Morgan fingerprint density at radius 1 is 0.244 bits per heavy atom. The van der Waals surface area contributed by atoms with Gasteiger partial charge in [0.05, 0.1) is 0 Å². The van der Waals surface area contributed by atoms with Gasteiger partial charge in [-0.3, -0.25) is 19.2 Å².